The van der Waals surface area contributed by atoms with Crippen molar-refractivity contribution in [1.29, 1.82) is 0 Å². The molecule has 0 saturated heterocycles. The van der Waals surface area contributed by atoms with Crippen LogP contribution in [0.4, 0.5) is 34.1 Å². The molecule has 0 N–H and O–H groups in total. The minimum atomic E-state index is -0.109. The van der Waals surface area contributed by atoms with Crippen LogP contribution in [0, 0.1) is 0 Å². The van der Waals surface area contributed by atoms with Crippen molar-refractivity contribution in [1.82, 2.24) is 18.3 Å². The Morgan fingerprint density at radius 3 is 0.892 bits per heavy atom. The predicted molar refractivity (Wildman–Crippen MR) is 549 cm³/mol. The van der Waals surface area contributed by atoms with Crippen LogP contribution in [0.15, 0.2) is 461 Å². The monoisotopic (exact) mass is 1660 g/mol. The fourth-order valence-electron chi connectivity index (χ4n) is 21.8. The van der Waals surface area contributed by atoms with Crippen molar-refractivity contribution in [2.24, 2.45) is 0 Å². The quantitative estimate of drug-likeness (QED) is 0.115. The zero-order chi connectivity index (χ0) is 86.5. The predicted octanol–water partition coefficient (Wildman–Crippen LogP) is 33.5. The topological polar surface area (TPSA) is 26.2 Å². The highest BCUT2D eigenvalue weighted by Gasteiger charge is 2.38. The van der Waals surface area contributed by atoms with Gasteiger partial charge >= 0.3 is 0 Å². The van der Waals surface area contributed by atoms with Gasteiger partial charge in [0, 0.05) is 110 Å². The molecule has 0 amide bonds. The van der Waals surface area contributed by atoms with E-state index in [1.807, 2.05) is 0 Å². The second-order valence-electron chi connectivity index (χ2n) is 35.9. The van der Waals surface area contributed by atoms with Gasteiger partial charge in [-0.1, -0.05) is 313 Å². The Kier molecular flexibility index (Phi) is 17.6. The van der Waals surface area contributed by atoms with Crippen LogP contribution < -0.4 is 9.80 Å². The molecule has 0 spiro atoms. The molecule has 130 heavy (non-hydrogen) atoms. The number of hydrogen-bond donors (Lipinski definition) is 0. The van der Waals surface area contributed by atoms with Gasteiger partial charge in [0.1, 0.15) is 0 Å². The number of benzene rings is 20. The van der Waals surface area contributed by atoms with Gasteiger partial charge in [0.2, 0.25) is 0 Å². The largest absolute Gasteiger partial charge is 0.310 e. The van der Waals surface area contributed by atoms with E-state index in [4.69, 9.17) is 0 Å². The molecular formula is C124H88N6. The van der Waals surface area contributed by atoms with E-state index in [0.717, 1.165) is 56.9 Å². The van der Waals surface area contributed by atoms with Crippen LogP contribution in [0.1, 0.15) is 49.9 Å². The van der Waals surface area contributed by atoms with Gasteiger partial charge in [-0.05, 0) is 259 Å². The highest BCUT2D eigenvalue weighted by atomic mass is 15.2. The SMILES string of the molecule is CC1(C)c2ccccc2-c2ccc(N(c3ccccc3)c3ccc(-c4ccc(-c5ccc6c(c5)c5cc7c(cc5n6-c5ccccc5)c5ccccc5n7-c5ccccc5)cc4)cc3)cc21.CC1(C)c2ccccc2-c2ccc(N(c3ccccc3)c3ccc(-c4ccc5c(c4)c4cc6c(cc4n5-c4ccccc4)c4ccccc4n6-c4ccccc4)c4ccccc34)cc21. The molecule has 2 aliphatic carbocycles. The molecule has 6 nitrogen and oxygen atoms in total. The van der Waals surface area contributed by atoms with Gasteiger partial charge in [0.15, 0.2) is 0 Å². The van der Waals surface area contributed by atoms with Crippen LogP contribution in [0.5, 0.6) is 0 Å². The van der Waals surface area contributed by atoms with E-state index in [1.165, 1.54) is 176 Å². The maximum absolute atomic E-state index is 2.44. The average molecular weight is 1660 g/mol. The third-order valence-electron chi connectivity index (χ3n) is 28.0. The lowest BCUT2D eigenvalue weighted by atomic mass is 9.82. The zero-order valence-corrected chi connectivity index (χ0v) is 72.6. The molecule has 0 aliphatic heterocycles. The Morgan fingerprint density at radius 2 is 0.446 bits per heavy atom. The second-order valence-corrected chi connectivity index (χ2v) is 35.9. The van der Waals surface area contributed by atoms with Crippen molar-refractivity contribution < 1.29 is 0 Å². The lowest BCUT2D eigenvalue weighted by Gasteiger charge is -2.29. The smallest absolute Gasteiger partial charge is 0.0548 e. The van der Waals surface area contributed by atoms with E-state index in [1.54, 1.807) is 0 Å². The highest BCUT2D eigenvalue weighted by Crippen LogP contribution is 2.55. The molecule has 0 saturated carbocycles. The minimum Gasteiger partial charge on any atom is -0.310 e. The third kappa shape index (κ3) is 12.1. The molecule has 0 radical (unpaired) electrons. The summed E-state index contributed by atoms with van der Waals surface area (Å²) in [7, 11) is 0. The number of anilines is 6. The fourth-order valence-corrected chi connectivity index (χ4v) is 21.8. The molecule has 4 aromatic heterocycles. The number of rotatable bonds is 13. The fraction of sp³-hybridized carbons (Fsp3) is 0.0484. The van der Waals surface area contributed by atoms with E-state index >= 15 is 0 Å². The summed E-state index contributed by atoms with van der Waals surface area (Å²) in [6, 6.07) is 169. The molecule has 614 valence electrons. The first-order valence-corrected chi connectivity index (χ1v) is 45.2. The van der Waals surface area contributed by atoms with Crippen LogP contribution in [0.3, 0.4) is 0 Å². The molecule has 0 unspecified atom stereocenters. The highest BCUT2D eigenvalue weighted by molar-refractivity contribution is 6.22. The molecule has 0 fully saturated rings. The zero-order valence-electron chi connectivity index (χ0n) is 72.6. The molecule has 26 rings (SSSR count). The van der Waals surface area contributed by atoms with Crippen LogP contribution in [-0.2, 0) is 10.8 Å². The van der Waals surface area contributed by atoms with E-state index in [0.29, 0.717) is 0 Å². The molecule has 20 aromatic carbocycles. The van der Waals surface area contributed by atoms with E-state index in [-0.39, 0.29) is 10.8 Å². The maximum Gasteiger partial charge on any atom is 0.0548 e. The van der Waals surface area contributed by atoms with Crippen molar-refractivity contribution in [3.8, 4) is 78.4 Å². The second kappa shape index (κ2) is 30.1. The lowest BCUT2D eigenvalue weighted by Crippen LogP contribution is -2.16. The number of nitrogens with zero attached hydrogens (tertiary/aromatic N) is 6. The van der Waals surface area contributed by atoms with Crippen molar-refractivity contribution in [3.63, 3.8) is 0 Å². The van der Waals surface area contributed by atoms with Crippen molar-refractivity contribution >= 4 is 132 Å². The Hall–Kier alpha value is -16.5. The van der Waals surface area contributed by atoms with Gasteiger partial charge in [-0.2, -0.15) is 0 Å². The van der Waals surface area contributed by atoms with E-state index in [2.05, 4.69) is 517 Å². The summed E-state index contributed by atoms with van der Waals surface area (Å²) in [4.78, 5) is 4.82. The van der Waals surface area contributed by atoms with Crippen LogP contribution in [-0.4, -0.2) is 18.3 Å². The van der Waals surface area contributed by atoms with Gasteiger partial charge in [-0.15, -0.1) is 0 Å². The normalized spacial score (nSPS) is 12.9. The minimum absolute atomic E-state index is 0.0785. The molecule has 24 aromatic rings. The number of aromatic nitrogens is 4. The molecule has 2 aliphatic rings. The Balaban J connectivity index is 0.000000140. The Bertz CT molecular complexity index is 8620. The van der Waals surface area contributed by atoms with Crippen LogP contribution >= 0.6 is 0 Å². The number of hydrogen-bond acceptors (Lipinski definition) is 2. The van der Waals surface area contributed by atoms with Gasteiger partial charge in [-0.25, -0.2) is 0 Å². The van der Waals surface area contributed by atoms with Gasteiger partial charge in [0.25, 0.3) is 0 Å². The number of fused-ring (bicyclic) bond motifs is 19. The Morgan fingerprint density at radius 1 is 0.162 bits per heavy atom. The summed E-state index contributed by atoms with van der Waals surface area (Å²) in [5, 5.41) is 12.3. The van der Waals surface area contributed by atoms with Gasteiger partial charge < -0.3 is 28.1 Å². The summed E-state index contributed by atoms with van der Waals surface area (Å²) in [5.74, 6) is 0. The van der Waals surface area contributed by atoms with Crippen molar-refractivity contribution in [2.45, 2.75) is 38.5 Å². The van der Waals surface area contributed by atoms with E-state index in [9.17, 15) is 0 Å². The molecule has 4 heterocycles. The molecule has 6 heteroatoms. The average Bonchev–Trinajstić information content (AvgIpc) is 1.54. The summed E-state index contributed by atoms with van der Waals surface area (Å²) >= 11 is 0. The van der Waals surface area contributed by atoms with Gasteiger partial charge in [0.05, 0.1) is 49.8 Å². The third-order valence-corrected chi connectivity index (χ3v) is 28.0. The van der Waals surface area contributed by atoms with Crippen LogP contribution in [0.25, 0.3) is 176 Å². The first-order chi connectivity index (χ1) is 64.0. The summed E-state index contributed by atoms with van der Waals surface area (Å²) in [5.41, 5.74) is 38.8. The van der Waals surface area contributed by atoms with E-state index < -0.39 is 0 Å². The van der Waals surface area contributed by atoms with Gasteiger partial charge in [-0.3, -0.25) is 0 Å². The summed E-state index contributed by atoms with van der Waals surface area (Å²) in [6.45, 7) is 9.41. The lowest BCUT2D eigenvalue weighted by molar-refractivity contribution is 0.660. The standard InChI is InChI=1S/C63H45N3.C61H43N3/c1-63(2)57-24-14-12-22-51(57)52-36-35-50(39-58(52)63)64(46-16-6-3-7-17-46)49-33-30-43(31-34-49)42-26-28-44(29-27-42)45-32-37-60-54(38-45)56-41-61-55(40-62(56)66(60)48-20-10-5-11-21-48)53-23-13-15-25-59(53)65(61)47-18-8-4-9-19-47;1-61(2)54-28-16-14-25-47(54)48-32-31-44(37-55(48)61)62(41-18-6-3-7-19-41)57-35-33-45(46-24-12-13-26-49(46)57)40-30-34-58-51(36-40)53-39-59-52(38-60(53)64(58)43-22-10-5-11-23-43)50-27-15-17-29-56(50)63(59)42-20-8-4-9-21-42/h3-41H,1-2H3;3-39H,1-2H3. The first kappa shape index (κ1) is 75.9. The molecule has 0 bridgehead atoms. The summed E-state index contributed by atoms with van der Waals surface area (Å²) in [6.07, 6.45) is 0. The summed E-state index contributed by atoms with van der Waals surface area (Å²) < 4.78 is 9.71. The number of para-hydroxylation sites is 8. The maximum atomic E-state index is 2.44. The molecular weight excluding hydrogens is 1570 g/mol. The van der Waals surface area contributed by atoms with Crippen molar-refractivity contribution in [3.05, 3.63) is 483 Å². The first-order valence-electron chi connectivity index (χ1n) is 45.2. The Labute approximate surface area is 755 Å². The van der Waals surface area contributed by atoms with Crippen molar-refractivity contribution in [2.75, 3.05) is 9.80 Å². The van der Waals surface area contributed by atoms with Crippen LogP contribution in [0.2, 0.25) is 0 Å². The molecule has 0 atom stereocenters.